The highest BCUT2D eigenvalue weighted by atomic mass is 35.5. The topological polar surface area (TPSA) is 86.7 Å². The Balaban J connectivity index is 1.85. The predicted octanol–water partition coefficient (Wildman–Crippen LogP) is 2.68. The average Bonchev–Trinajstić information content (AvgIpc) is 2.52. The maximum Gasteiger partial charge on any atom is 0.407 e. The molecule has 23 heavy (non-hydrogen) atoms. The fraction of sp³-hybridized carbons (Fsp3) is 0.400. The van der Waals surface area contributed by atoms with Crippen LogP contribution in [0.1, 0.15) is 23.2 Å². The van der Waals surface area contributed by atoms with Gasteiger partial charge in [0.05, 0.1) is 11.6 Å². The molecule has 0 saturated carbocycles. The minimum absolute atomic E-state index is 0.153. The number of carbonyl (C=O) groups excluding carboxylic acids is 2. The van der Waals surface area contributed by atoms with E-state index in [2.05, 4.69) is 5.32 Å². The molecule has 1 saturated heterocycles. The van der Waals surface area contributed by atoms with Crippen LogP contribution >= 0.6 is 23.2 Å². The molecule has 2 N–H and O–H groups in total. The van der Waals surface area contributed by atoms with E-state index in [9.17, 15) is 14.4 Å². The second kappa shape index (κ2) is 7.66. The molecule has 1 aromatic rings. The first-order chi connectivity index (χ1) is 10.9. The van der Waals surface area contributed by atoms with E-state index in [1.807, 2.05) is 0 Å². The maximum atomic E-state index is 12.1. The van der Waals surface area contributed by atoms with Crippen LogP contribution < -0.4 is 5.32 Å². The van der Waals surface area contributed by atoms with Crippen molar-refractivity contribution in [1.82, 2.24) is 10.2 Å². The summed E-state index contributed by atoms with van der Waals surface area (Å²) in [5.74, 6) is -0.824. The highest BCUT2D eigenvalue weighted by Gasteiger charge is 2.27. The van der Waals surface area contributed by atoms with Gasteiger partial charge in [0.1, 0.15) is 0 Å². The molecule has 0 radical (unpaired) electrons. The van der Waals surface area contributed by atoms with Gasteiger partial charge in [0.25, 0.3) is 0 Å². The summed E-state index contributed by atoms with van der Waals surface area (Å²) in [6, 6.07) is 4.55. The van der Waals surface area contributed by atoms with Crippen LogP contribution in [0.25, 0.3) is 0 Å². The zero-order valence-electron chi connectivity index (χ0n) is 12.2. The van der Waals surface area contributed by atoms with Crippen LogP contribution in [-0.4, -0.2) is 47.4 Å². The molecule has 8 heteroatoms. The van der Waals surface area contributed by atoms with Crippen molar-refractivity contribution in [2.75, 3.05) is 19.6 Å². The van der Waals surface area contributed by atoms with E-state index in [1.165, 1.54) is 17.0 Å². The number of nitrogens with zero attached hydrogens (tertiary/aromatic N) is 1. The lowest BCUT2D eigenvalue weighted by Gasteiger charge is -2.29. The largest absolute Gasteiger partial charge is 0.465 e. The molecule has 0 bridgehead atoms. The number of carbonyl (C=O) groups is 3. The molecule has 2 rings (SSSR count). The van der Waals surface area contributed by atoms with Crippen molar-refractivity contribution in [2.45, 2.75) is 12.8 Å². The van der Waals surface area contributed by atoms with E-state index in [0.717, 1.165) is 0 Å². The third kappa shape index (κ3) is 4.59. The van der Waals surface area contributed by atoms with Gasteiger partial charge in [-0.2, -0.15) is 0 Å². The van der Waals surface area contributed by atoms with Gasteiger partial charge in [-0.25, -0.2) is 4.79 Å². The van der Waals surface area contributed by atoms with E-state index in [1.54, 1.807) is 6.07 Å². The molecule has 0 aromatic heterocycles. The van der Waals surface area contributed by atoms with E-state index in [-0.39, 0.29) is 29.2 Å². The summed E-state index contributed by atoms with van der Waals surface area (Å²) in [6.07, 6.45) is -0.0707. The summed E-state index contributed by atoms with van der Waals surface area (Å²) < 4.78 is 0. The number of rotatable bonds is 4. The third-order valence-corrected chi connectivity index (χ3v) is 4.34. The van der Waals surface area contributed by atoms with Gasteiger partial charge in [0.15, 0.2) is 5.78 Å². The quantitative estimate of drug-likeness (QED) is 0.810. The SMILES string of the molecule is O=C(CNC(=O)C1CCN(C(=O)O)CC1)c1ccc(Cl)cc1Cl. The fourth-order valence-corrected chi connectivity index (χ4v) is 2.97. The molecule has 124 valence electrons. The number of hydrogen-bond donors (Lipinski definition) is 2. The van der Waals surface area contributed by atoms with Crippen molar-refractivity contribution in [3.05, 3.63) is 33.8 Å². The monoisotopic (exact) mass is 358 g/mol. The maximum absolute atomic E-state index is 12.1. The lowest BCUT2D eigenvalue weighted by molar-refractivity contribution is -0.126. The standard InChI is InChI=1S/C15H16Cl2N2O4/c16-10-1-2-11(12(17)7-10)13(20)8-18-14(21)9-3-5-19(6-4-9)15(22)23/h1-2,7,9H,3-6,8H2,(H,18,21)(H,22,23). The third-order valence-electron chi connectivity index (χ3n) is 3.79. The first kappa shape index (κ1) is 17.6. The molecule has 0 spiro atoms. The summed E-state index contributed by atoms with van der Waals surface area (Å²) in [7, 11) is 0. The predicted molar refractivity (Wildman–Crippen MR) is 86.1 cm³/mol. The van der Waals surface area contributed by atoms with Crippen LogP contribution in [0.3, 0.4) is 0 Å². The normalized spacial score (nSPS) is 15.3. The van der Waals surface area contributed by atoms with Gasteiger partial charge in [-0.1, -0.05) is 23.2 Å². The van der Waals surface area contributed by atoms with Gasteiger partial charge >= 0.3 is 6.09 Å². The number of benzene rings is 1. The summed E-state index contributed by atoms with van der Waals surface area (Å²) in [5, 5.41) is 12.1. The van der Waals surface area contributed by atoms with Crippen LogP contribution in [0.2, 0.25) is 10.0 Å². The Morgan fingerprint density at radius 3 is 2.43 bits per heavy atom. The molecule has 0 atom stereocenters. The van der Waals surface area contributed by atoms with Crippen molar-refractivity contribution in [2.24, 2.45) is 5.92 Å². The van der Waals surface area contributed by atoms with Crippen molar-refractivity contribution in [3.8, 4) is 0 Å². The number of hydrogen-bond acceptors (Lipinski definition) is 3. The second-order valence-electron chi connectivity index (χ2n) is 5.31. The Morgan fingerprint density at radius 2 is 1.87 bits per heavy atom. The van der Waals surface area contributed by atoms with Crippen molar-refractivity contribution in [3.63, 3.8) is 0 Å². The number of nitrogens with one attached hydrogen (secondary N) is 1. The van der Waals surface area contributed by atoms with Gasteiger partial charge in [0.2, 0.25) is 5.91 Å². The van der Waals surface area contributed by atoms with Crippen LogP contribution in [0.15, 0.2) is 18.2 Å². The molecule has 1 heterocycles. The molecule has 1 fully saturated rings. The molecule has 2 amide bonds. The van der Waals surface area contributed by atoms with Gasteiger partial charge in [0, 0.05) is 29.6 Å². The minimum Gasteiger partial charge on any atom is -0.465 e. The summed E-state index contributed by atoms with van der Waals surface area (Å²) in [4.78, 5) is 36.2. The number of piperidine rings is 1. The molecule has 0 unspecified atom stereocenters. The fourth-order valence-electron chi connectivity index (χ4n) is 2.46. The van der Waals surface area contributed by atoms with Crippen LogP contribution in [0.5, 0.6) is 0 Å². The zero-order valence-corrected chi connectivity index (χ0v) is 13.7. The highest BCUT2D eigenvalue weighted by molar-refractivity contribution is 6.36. The number of carboxylic acid groups (broad SMARTS) is 1. The average molecular weight is 359 g/mol. The second-order valence-corrected chi connectivity index (χ2v) is 6.15. The number of amides is 2. The minimum atomic E-state index is -0.976. The molecular formula is C15H16Cl2N2O4. The van der Waals surface area contributed by atoms with Gasteiger partial charge < -0.3 is 15.3 Å². The van der Waals surface area contributed by atoms with E-state index >= 15 is 0 Å². The summed E-state index contributed by atoms with van der Waals surface area (Å²) >= 11 is 11.7. The van der Waals surface area contributed by atoms with Crippen molar-refractivity contribution >= 4 is 41.0 Å². The molecule has 1 aliphatic heterocycles. The van der Waals surface area contributed by atoms with E-state index in [4.69, 9.17) is 28.3 Å². The lowest BCUT2D eigenvalue weighted by Crippen LogP contribution is -2.43. The Labute approximate surface area is 143 Å². The molecule has 0 aliphatic carbocycles. The zero-order chi connectivity index (χ0) is 17.0. The van der Waals surface area contributed by atoms with Crippen LogP contribution in [0, 0.1) is 5.92 Å². The molecule has 6 nitrogen and oxygen atoms in total. The Kier molecular flexibility index (Phi) is 5.85. The Bertz CT molecular complexity index is 628. The first-order valence-electron chi connectivity index (χ1n) is 7.12. The van der Waals surface area contributed by atoms with Crippen LogP contribution in [0.4, 0.5) is 4.79 Å². The number of ketones is 1. The number of likely N-dealkylation sites (tertiary alicyclic amines) is 1. The van der Waals surface area contributed by atoms with E-state index < -0.39 is 6.09 Å². The lowest BCUT2D eigenvalue weighted by atomic mass is 9.96. The van der Waals surface area contributed by atoms with Crippen LogP contribution in [-0.2, 0) is 4.79 Å². The summed E-state index contributed by atoms with van der Waals surface area (Å²) in [5.41, 5.74) is 0.303. The smallest absolute Gasteiger partial charge is 0.407 e. The van der Waals surface area contributed by atoms with Gasteiger partial charge in [-0.05, 0) is 31.0 Å². The molecule has 1 aromatic carbocycles. The molecular weight excluding hydrogens is 343 g/mol. The van der Waals surface area contributed by atoms with Crippen molar-refractivity contribution < 1.29 is 19.5 Å². The highest BCUT2D eigenvalue weighted by Crippen LogP contribution is 2.21. The Morgan fingerprint density at radius 1 is 1.22 bits per heavy atom. The summed E-state index contributed by atoms with van der Waals surface area (Å²) in [6.45, 7) is 0.494. The first-order valence-corrected chi connectivity index (χ1v) is 7.88. The molecule has 1 aliphatic rings. The Hall–Kier alpha value is -1.79. The van der Waals surface area contributed by atoms with Gasteiger partial charge in [-0.15, -0.1) is 0 Å². The number of Topliss-reactive ketones (excluding diaryl/α,β-unsaturated/α-hetero) is 1. The number of halogens is 2. The van der Waals surface area contributed by atoms with E-state index in [0.29, 0.717) is 36.5 Å². The van der Waals surface area contributed by atoms with Gasteiger partial charge in [-0.3, -0.25) is 9.59 Å². The van der Waals surface area contributed by atoms with Crippen molar-refractivity contribution in [1.29, 1.82) is 0 Å².